The van der Waals surface area contributed by atoms with Crippen LogP contribution in [0.3, 0.4) is 0 Å². The van der Waals surface area contributed by atoms with Gasteiger partial charge in [0.05, 0.1) is 13.2 Å². The van der Waals surface area contributed by atoms with Gasteiger partial charge in [0.1, 0.15) is 0 Å². The standard InChI is InChI=1S/C14H22.C2H6O2/c1-13(2,3)11-14(4,5)12-9-7-6-8-10-12;3-1-2-4/h6-10H,11H2,1-5H3;3-4H,1-2H2. The summed E-state index contributed by atoms with van der Waals surface area (Å²) in [5.74, 6) is 0. The molecule has 0 fully saturated rings. The van der Waals surface area contributed by atoms with Crippen molar-refractivity contribution in [2.45, 2.75) is 46.5 Å². The van der Waals surface area contributed by atoms with Gasteiger partial charge in [0, 0.05) is 0 Å². The van der Waals surface area contributed by atoms with Crippen molar-refractivity contribution >= 4 is 0 Å². The Morgan fingerprint density at radius 3 is 1.61 bits per heavy atom. The minimum atomic E-state index is -0.125. The predicted molar refractivity (Wildman–Crippen MR) is 77.7 cm³/mol. The van der Waals surface area contributed by atoms with Crippen LogP contribution in [0.4, 0.5) is 0 Å². The molecule has 0 spiro atoms. The molecule has 0 radical (unpaired) electrons. The zero-order valence-corrected chi connectivity index (χ0v) is 12.4. The summed E-state index contributed by atoms with van der Waals surface area (Å²) in [7, 11) is 0. The number of hydrogen-bond acceptors (Lipinski definition) is 2. The first-order valence-corrected chi connectivity index (χ1v) is 6.50. The molecule has 0 aliphatic heterocycles. The minimum absolute atomic E-state index is 0.125. The van der Waals surface area contributed by atoms with Crippen molar-refractivity contribution in [3.05, 3.63) is 35.9 Å². The largest absolute Gasteiger partial charge is 0.394 e. The van der Waals surface area contributed by atoms with E-state index in [-0.39, 0.29) is 18.6 Å². The van der Waals surface area contributed by atoms with Crippen molar-refractivity contribution in [3.63, 3.8) is 0 Å². The van der Waals surface area contributed by atoms with Crippen molar-refractivity contribution in [2.24, 2.45) is 5.41 Å². The topological polar surface area (TPSA) is 40.5 Å². The first-order valence-electron chi connectivity index (χ1n) is 6.50. The normalized spacial score (nSPS) is 11.7. The molecule has 2 N–H and O–H groups in total. The summed E-state index contributed by atoms with van der Waals surface area (Å²) in [6.07, 6.45) is 1.21. The molecule has 1 rings (SSSR count). The molecule has 18 heavy (non-hydrogen) atoms. The van der Waals surface area contributed by atoms with Crippen molar-refractivity contribution < 1.29 is 10.2 Å². The van der Waals surface area contributed by atoms with Crippen molar-refractivity contribution in [1.29, 1.82) is 0 Å². The van der Waals surface area contributed by atoms with E-state index >= 15 is 0 Å². The van der Waals surface area contributed by atoms with Crippen LogP contribution >= 0.6 is 0 Å². The van der Waals surface area contributed by atoms with Crippen LogP contribution in [0, 0.1) is 5.41 Å². The van der Waals surface area contributed by atoms with E-state index in [4.69, 9.17) is 10.2 Å². The lowest BCUT2D eigenvalue weighted by atomic mass is 9.72. The lowest BCUT2D eigenvalue weighted by Gasteiger charge is -2.32. The Bertz CT molecular complexity index is 308. The Hall–Kier alpha value is -0.860. The molecule has 0 heterocycles. The molecule has 0 saturated heterocycles. The lowest BCUT2D eigenvalue weighted by molar-refractivity contribution is 0.186. The first kappa shape index (κ1) is 17.1. The molecular weight excluding hydrogens is 224 g/mol. The molecule has 104 valence electrons. The van der Waals surface area contributed by atoms with Gasteiger partial charge in [-0.05, 0) is 22.8 Å². The molecule has 1 aromatic rings. The maximum Gasteiger partial charge on any atom is 0.0662 e. The van der Waals surface area contributed by atoms with Gasteiger partial charge in [-0.1, -0.05) is 65.0 Å². The second-order valence-electron chi connectivity index (χ2n) is 6.43. The summed E-state index contributed by atoms with van der Waals surface area (Å²) < 4.78 is 0. The average molecular weight is 252 g/mol. The third kappa shape index (κ3) is 7.46. The average Bonchev–Trinajstić information content (AvgIpc) is 2.27. The fourth-order valence-corrected chi connectivity index (χ4v) is 2.32. The summed E-state index contributed by atoms with van der Waals surface area (Å²) in [4.78, 5) is 0. The number of hydrogen-bond donors (Lipinski definition) is 2. The maximum absolute atomic E-state index is 7.62. The van der Waals surface area contributed by atoms with E-state index in [0.29, 0.717) is 5.41 Å². The van der Waals surface area contributed by atoms with E-state index in [1.165, 1.54) is 12.0 Å². The Morgan fingerprint density at radius 1 is 0.833 bits per heavy atom. The Morgan fingerprint density at radius 2 is 1.28 bits per heavy atom. The molecule has 0 unspecified atom stereocenters. The fourth-order valence-electron chi connectivity index (χ4n) is 2.32. The third-order valence-corrected chi connectivity index (χ3v) is 2.63. The van der Waals surface area contributed by atoms with Crippen molar-refractivity contribution in [3.8, 4) is 0 Å². The van der Waals surface area contributed by atoms with Crippen LogP contribution in [0.1, 0.15) is 46.6 Å². The van der Waals surface area contributed by atoms with Crippen LogP contribution in [0.2, 0.25) is 0 Å². The van der Waals surface area contributed by atoms with Crippen LogP contribution in [0.25, 0.3) is 0 Å². The summed E-state index contributed by atoms with van der Waals surface area (Å²) in [6.45, 7) is 11.3. The van der Waals surface area contributed by atoms with Gasteiger partial charge in [0.25, 0.3) is 0 Å². The molecule has 0 aliphatic carbocycles. The summed E-state index contributed by atoms with van der Waals surface area (Å²) in [5, 5.41) is 15.2. The summed E-state index contributed by atoms with van der Waals surface area (Å²) in [6, 6.07) is 10.8. The quantitative estimate of drug-likeness (QED) is 0.866. The van der Waals surface area contributed by atoms with Crippen molar-refractivity contribution in [1.82, 2.24) is 0 Å². The third-order valence-electron chi connectivity index (χ3n) is 2.63. The molecule has 2 nitrogen and oxygen atoms in total. The molecule has 0 bridgehead atoms. The Labute approximate surface area is 112 Å². The molecule has 2 heteroatoms. The number of benzene rings is 1. The van der Waals surface area contributed by atoms with Gasteiger partial charge < -0.3 is 10.2 Å². The highest BCUT2D eigenvalue weighted by Gasteiger charge is 2.26. The zero-order chi connectivity index (χ0) is 14.2. The van der Waals surface area contributed by atoms with Crippen LogP contribution in [0.15, 0.2) is 30.3 Å². The van der Waals surface area contributed by atoms with Gasteiger partial charge in [-0.25, -0.2) is 0 Å². The molecule has 0 saturated carbocycles. The smallest absolute Gasteiger partial charge is 0.0662 e. The van der Waals surface area contributed by atoms with Crippen molar-refractivity contribution in [2.75, 3.05) is 13.2 Å². The summed E-state index contributed by atoms with van der Waals surface area (Å²) in [5.41, 5.74) is 2.11. The van der Waals surface area contributed by atoms with Crippen LogP contribution in [-0.2, 0) is 5.41 Å². The molecular formula is C16H28O2. The lowest BCUT2D eigenvalue weighted by Crippen LogP contribution is -2.24. The highest BCUT2D eigenvalue weighted by molar-refractivity contribution is 5.23. The van der Waals surface area contributed by atoms with E-state index in [2.05, 4.69) is 65.0 Å². The maximum atomic E-state index is 7.62. The summed E-state index contributed by atoms with van der Waals surface area (Å²) >= 11 is 0. The Balaban J connectivity index is 0.000000631. The zero-order valence-electron chi connectivity index (χ0n) is 12.4. The van der Waals surface area contributed by atoms with E-state index in [1.54, 1.807) is 0 Å². The molecule has 0 amide bonds. The SMILES string of the molecule is CC(C)(C)CC(C)(C)c1ccccc1.OCCO. The number of aliphatic hydroxyl groups excluding tert-OH is 2. The highest BCUT2D eigenvalue weighted by Crippen LogP contribution is 2.35. The Kier molecular flexibility index (Phi) is 7.19. The van der Waals surface area contributed by atoms with E-state index < -0.39 is 0 Å². The van der Waals surface area contributed by atoms with Gasteiger partial charge in [-0.15, -0.1) is 0 Å². The van der Waals surface area contributed by atoms with Gasteiger partial charge in [0.15, 0.2) is 0 Å². The van der Waals surface area contributed by atoms with Crippen LogP contribution < -0.4 is 0 Å². The minimum Gasteiger partial charge on any atom is -0.394 e. The first-order chi connectivity index (χ1) is 8.23. The number of rotatable bonds is 3. The molecule has 0 aromatic heterocycles. The van der Waals surface area contributed by atoms with Crippen LogP contribution in [-0.4, -0.2) is 23.4 Å². The molecule has 0 atom stereocenters. The van der Waals surface area contributed by atoms with Gasteiger partial charge in [-0.3, -0.25) is 0 Å². The van der Waals surface area contributed by atoms with E-state index in [0.717, 1.165) is 0 Å². The second kappa shape index (κ2) is 7.55. The second-order valence-corrected chi connectivity index (χ2v) is 6.43. The van der Waals surface area contributed by atoms with Gasteiger partial charge in [0.2, 0.25) is 0 Å². The van der Waals surface area contributed by atoms with E-state index in [1.807, 2.05) is 0 Å². The monoisotopic (exact) mass is 252 g/mol. The number of aliphatic hydroxyl groups is 2. The predicted octanol–water partition coefficient (Wildman–Crippen LogP) is 3.37. The van der Waals surface area contributed by atoms with Gasteiger partial charge in [-0.2, -0.15) is 0 Å². The van der Waals surface area contributed by atoms with Crippen LogP contribution in [0.5, 0.6) is 0 Å². The fraction of sp³-hybridized carbons (Fsp3) is 0.625. The highest BCUT2D eigenvalue weighted by atomic mass is 16.3. The van der Waals surface area contributed by atoms with Gasteiger partial charge >= 0.3 is 0 Å². The molecule has 0 aliphatic rings. The molecule has 1 aromatic carbocycles. The van der Waals surface area contributed by atoms with E-state index in [9.17, 15) is 0 Å².